The average Bonchev–Trinajstić information content (AvgIpc) is 2.29. The van der Waals surface area contributed by atoms with E-state index in [-0.39, 0.29) is 0 Å². The SMILES string of the molecule is CCCCCCN(CC)c1cccc(O)c1. The van der Waals surface area contributed by atoms with E-state index in [0.29, 0.717) is 5.75 Å². The Kier molecular flexibility index (Phi) is 5.76. The summed E-state index contributed by atoms with van der Waals surface area (Å²) in [4.78, 5) is 2.31. The molecule has 0 unspecified atom stereocenters. The molecule has 0 amide bonds. The molecule has 0 aliphatic rings. The second-order valence-electron chi connectivity index (χ2n) is 4.16. The van der Waals surface area contributed by atoms with Gasteiger partial charge in [-0.15, -0.1) is 0 Å². The molecule has 0 fully saturated rings. The maximum absolute atomic E-state index is 9.44. The molecular weight excluding hydrogens is 198 g/mol. The lowest BCUT2D eigenvalue weighted by atomic mass is 10.2. The molecule has 1 N–H and O–H groups in total. The second-order valence-corrected chi connectivity index (χ2v) is 4.16. The molecule has 0 spiro atoms. The first-order valence-corrected chi connectivity index (χ1v) is 6.32. The van der Waals surface area contributed by atoms with Crippen LogP contribution in [0.5, 0.6) is 5.75 Å². The lowest BCUT2D eigenvalue weighted by molar-refractivity contribution is 0.475. The third-order valence-electron chi connectivity index (χ3n) is 2.86. The molecule has 0 atom stereocenters. The van der Waals surface area contributed by atoms with Gasteiger partial charge in [0.2, 0.25) is 0 Å². The quantitative estimate of drug-likeness (QED) is 0.708. The number of phenols is 1. The first-order valence-electron chi connectivity index (χ1n) is 6.32. The number of rotatable bonds is 7. The minimum Gasteiger partial charge on any atom is -0.508 e. The molecule has 1 rings (SSSR count). The molecule has 0 saturated carbocycles. The van der Waals surface area contributed by atoms with Crippen LogP contribution in [0, 0.1) is 0 Å². The Morgan fingerprint density at radius 1 is 1.12 bits per heavy atom. The van der Waals surface area contributed by atoms with Crippen LogP contribution in [0.4, 0.5) is 5.69 Å². The lowest BCUT2D eigenvalue weighted by Gasteiger charge is -2.23. The number of hydrogen-bond acceptors (Lipinski definition) is 2. The van der Waals surface area contributed by atoms with Gasteiger partial charge in [0.05, 0.1) is 0 Å². The highest BCUT2D eigenvalue weighted by atomic mass is 16.3. The van der Waals surface area contributed by atoms with E-state index in [1.54, 1.807) is 6.07 Å². The number of benzene rings is 1. The molecule has 0 radical (unpaired) electrons. The fraction of sp³-hybridized carbons (Fsp3) is 0.571. The molecule has 0 saturated heterocycles. The van der Waals surface area contributed by atoms with Crippen molar-refractivity contribution in [3.63, 3.8) is 0 Å². The Balaban J connectivity index is 2.47. The van der Waals surface area contributed by atoms with Gasteiger partial charge in [-0.05, 0) is 25.5 Å². The highest BCUT2D eigenvalue weighted by Crippen LogP contribution is 2.20. The van der Waals surface area contributed by atoms with Gasteiger partial charge in [0, 0.05) is 24.8 Å². The van der Waals surface area contributed by atoms with Gasteiger partial charge in [0.15, 0.2) is 0 Å². The van der Waals surface area contributed by atoms with Gasteiger partial charge >= 0.3 is 0 Å². The monoisotopic (exact) mass is 221 g/mol. The molecule has 1 aromatic rings. The summed E-state index contributed by atoms with van der Waals surface area (Å²) in [7, 11) is 0. The average molecular weight is 221 g/mol. The van der Waals surface area contributed by atoms with Crippen molar-refractivity contribution in [2.75, 3.05) is 18.0 Å². The van der Waals surface area contributed by atoms with Crippen LogP contribution in [0.1, 0.15) is 39.5 Å². The molecular formula is C14H23NO. The molecule has 0 aromatic heterocycles. The number of unbranched alkanes of at least 4 members (excludes halogenated alkanes) is 3. The van der Waals surface area contributed by atoms with Crippen LogP contribution in [0.2, 0.25) is 0 Å². The van der Waals surface area contributed by atoms with Crippen LogP contribution in [-0.2, 0) is 0 Å². The second kappa shape index (κ2) is 7.15. The molecule has 0 aliphatic carbocycles. The maximum atomic E-state index is 9.44. The van der Waals surface area contributed by atoms with Gasteiger partial charge in [-0.1, -0.05) is 32.3 Å². The fourth-order valence-corrected chi connectivity index (χ4v) is 1.89. The van der Waals surface area contributed by atoms with Crippen molar-refractivity contribution in [3.05, 3.63) is 24.3 Å². The molecule has 0 heterocycles. The Hall–Kier alpha value is -1.18. The van der Waals surface area contributed by atoms with Crippen molar-refractivity contribution in [2.45, 2.75) is 39.5 Å². The van der Waals surface area contributed by atoms with Crippen molar-refractivity contribution in [1.29, 1.82) is 0 Å². The highest BCUT2D eigenvalue weighted by Gasteiger charge is 2.03. The topological polar surface area (TPSA) is 23.5 Å². The van der Waals surface area contributed by atoms with E-state index in [1.165, 1.54) is 25.7 Å². The van der Waals surface area contributed by atoms with Crippen LogP contribution in [0.15, 0.2) is 24.3 Å². The summed E-state index contributed by atoms with van der Waals surface area (Å²) < 4.78 is 0. The van der Waals surface area contributed by atoms with E-state index in [4.69, 9.17) is 0 Å². The smallest absolute Gasteiger partial charge is 0.117 e. The van der Waals surface area contributed by atoms with E-state index in [9.17, 15) is 5.11 Å². The zero-order valence-corrected chi connectivity index (χ0v) is 10.4. The van der Waals surface area contributed by atoms with Gasteiger partial charge in [-0.25, -0.2) is 0 Å². The maximum Gasteiger partial charge on any atom is 0.117 e. The Morgan fingerprint density at radius 3 is 2.56 bits per heavy atom. The number of hydrogen-bond donors (Lipinski definition) is 1. The summed E-state index contributed by atoms with van der Waals surface area (Å²) in [6.07, 6.45) is 5.12. The van der Waals surface area contributed by atoms with E-state index in [1.807, 2.05) is 12.1 Å². The molecule has 2 heteroatoms. The Morgan fingerprint density at radius 2 is 1.94 bits per heavy atom. The van der Waals surface area contributed by atoms with Crippen molar-refractivity contribution >= 4 is 5.69 Å². The molecule has 2 nitrogen and oxygen atoms in total. The summed E-state index contributed by atoms with van der Waals surface area (Å²) in [6, 6.07) is 7.51. The van der Waals surface area contributed by atoms with Crippen molar-refractivity contribution in [1.82, 2.24) is 0 Å². The predicted octanol–water partition coefficient (Wildman–Crippen LogP) is 3.80. The number of phenolic OH excluding ortho intramolecular Hbond substituents is 1. The molecule has 90 valence electrons. The van der Waals surface area contributed by atoms with E-state index in [2.05, 4.69) is 24.8 Å². The summed E-state index contributed by atoms with van der Waals surface area (Å²) in [6.45, 7) is 6.46. The van der Waals surface area contributed by atoms with E-state index < -0.39 is 0 Å². The van der Waals surface area contributed by atoms with Crippen LogP contribution in [0.25, 0.3) is 0 Å². The summed E-state index contributed by atoms with van der Waals surface area (Å²) in [5.74, 6) is 0.351. The van der Waals surface area contributed by atoms with Gasteiger partial charge < -0.3 is 10.0 Å². The highest BCUT2D eigenvalue weighted by molar-refractivity contribution is 5.50. The van der Waals surface area contributed by atoms with Crippen molar-refractivity contribution < 1.29 is 5.11 Å². The molecule has 16 heavy (non-hydrogen) atoms. The minimum absolute atomic E-state index is 0.351. The summed E-state index contributed by atoms with van der Waals surface area (Å²) in [5.41, 5.74) is 1.12. The van der Waals surface area contributed by atoms with Crippen LogP contribution in [-0.4, -0.2) is 18.2 Å². The first kappa shape index (κ1) is 12.9. The normalized spacial score (nSPS) is 10.4. The Bertz CT molecular complexity index is 299. The summed E-state index contributed by atoms with van der Waals surface area (Å²) in [5, 5.41) is 9.44. The zero-order valence-electron chi connectivity index (χ0n) is 10.4. The summed E-state index contributed by atoms with van der Waals surface area (Å²) >= 11 is 0. The van der Waals surface area contributed by atoms with Crippen LogP contribution >= 0.6 is 0 Å². The lowest BCUT2D eigenvalue weighted by Crippen LogP contribution is -2.23. The number of aromatic hydroxyl groups is 1. The van der Waals surface area contributed by atoms with Gasteiger partial charge in [0.25, 0.3) is 0 Å². The van der Waals surface area contributed by atoms with Gasteiger partial charge in [-0.2, -0.15) is 0 Å². The zero-order chi connectivity index (χ0) is 11.8. The number of nitrogens with zero attached hydrogens (tertiary/aromatic N) is 1. The third-order valence-corrected chi connectivity index (χ3v) is 2.86. The van der Waals surface area contributed by atoms with Crippen LogP contribution in [0.3, 0.4) is 0 Å². The molecule has 0 bridgehead atoms. The fourth-order valence-electron chi connectivity index (χ4n) is 1.89. The van der Waals surface area contributed by atoms with Crippen LogP contribution < -0.4 is 4.90 Å². The largest absolute Gasteiger partial charge is 0.508 e. The standard InChI is InChI=1S/C14H23NO/c1-3-5-6-7-11-15(4-2)13-9-8-10-14(16)12-13/h8-10,12,16H,3-7,11H2,1-2H3. The molecule has 1 aromatic carbocycles. The number of anilines is 1. The van der Waals surface area contributed by atoms with E-state index >= 15 is 0 Å². The van der Waals surface area contributed by atoms with E-state index in [0.717, 1.165) is 18.8 Å². The van der Waals surface area contributed by atoms with Gasteiger partial charge in [-0.3, -0.25) is 0 Å². The Labute approximate surface area is 98.9 Å². The minimum atomic E-state index is 0.351. The molecule has 0 aliphatic heterocycles. The van der Waals surface area contributed by atoms with Crippen molar-refractivity contribution in [2.24, 2.45) is 0 Å². The third kappa shape index (κ3) is 4.13. The first-order chi connectivity index (χ1) is 7.77. The van der Waals surface area contributed by atoms with Gasteiger partial charge in [0.1, 0.15) is 5.75 Å². The van der Waals surface area contributed by atoms with Crippen molar-refractivity contribution in [3.8, 4) is 5.75 Å². The predicted molar refractivity (Wildman–Crippen MR) is 70.1 cm³/mol.